The van der Waals surface area contributed by atoms with E-state index in [1.807, 2.05) is 18.2 Å². The number of rotatable bonds is 8. The van der Waals surface area contributed by atoms with E-state index in [9.17, 15) is 13.2 Å². The summed E-state index contributed by atoms with van der Waals surface area (Å²) >= 11 is 0. The van der Waals surface area contributed by atoms with Gasteiger partial charge in [-0.15, -0.1) is 0 Å². The van der Waals surface area contributed by atoms with Gasteiger partial charge in [-0.2, -0.15) is 17.0 Å². The number of hydrogen-bond donors (Lipinski definition) is 1. The first-order valence-corrected chi connectivity index (χ1v) is 12.5. The molecule has 0 unspecified atom stereocenters. The Balaban J connectivity index is 1.51. The predicted octanol–water partition coefficient (Wildman–Crippen LogP) is 2.05. The first-order chi connectivity index (χ1) is 14.8. The second kappa shape index (κ2) is 10.7. The molecule has 2 heterocycles. The molecule has 0 spiro atoms. The third-order valence-electron chi connectivity index (χ3n) is 6.31. The molecule has 1 aromatic rings. The maximum Gasteiger partial charge on any atom is 0.281 e. The summed E-state index contributed by atoms with van der Waals surface area (Å²) in [6.07, 6.45) is 3.87. The van der Waals surface area contributed by atoms with Crippen LogP contribution in [0.4, 0.5) is 0 Å². The van der Waals surface area contributed by atoms with Crippen molar-refractivity contribution in [1.29, 1.82) is 0 Å². The minimum atomic E-state index is -3.49. The van der Waals surface area contributed by atoms with Gasteiger partial charge in [-0.3, -0.25) is 4.79 Å². The number of nitrogens with zero attached hydrogens (tertiary/aromatic N) is 2. The molecular weight excluding hydrogens is 418 g/mol. The SMILES string of the molecule is COc1ccc(CCNC(=O)[C@@H]2CCCN(S(=O)(=O)N3CCC(C)CC3)C2)cc1OC. The first-order valence-electron chi connectivity index (χ1n) is 11.1. The molecule has 0 radical (unpaired) electrons. The molecule has 1 amide bonds. The highest BCUT2D eigenvalue weighted by molar-refractivity contribution is 7.86. The van der Waals surface area contributed by atoms with Crippen LogP contribution in [-0.2, 0) is 21.4 Å². The van der Waals surface area contributed by atoms with Gasteiger partial charge in [-0.25, -0.2) is 0 Å². The van der Waals surface area contributed by atoms with Gasteiger partial charge in [0.1, 0.15) is 0 Å². The van der Waals surface area contributed by atoms with E-state index in [0.29, 0.717) is 62.9 Å². The Hall–Kier alpha value is -1.84. The van der Waals surface area contributed by atoms with Crippen LogP contribution in [0.1, 0.15) is 38.2 Å². The Morgan fingerprint density at radius 2 is 1.77 bits per heavy atom. The van der Waals surface area contributed by atoms with Crippen LogP contribution >= 0.6 is 0 Å². The van der Waals surface area contributed by atoms with E-state index in [0.717, 1.165) is 18.4 Å². The fraction of sp³-hybridized carbons (Fsp3) is 0.682. The van der Waals surface area contributed by atoms with Crippen molar-refractivity contribution in [1.82, 2.24) is 13.9 Å². The lowest BCUT2D eigenvalue weighted by Gasteiger charge is -2.37. The van der Waals surface area contributed by atoms with Crippen molar-refractivity contribution in [2.75, 3.05) is 46.9 Å². The minimum Gasteiger partial charge on any atom is -0.493 e. The summed E-state index contributed by atoms with van der Waals surface area (Å²) < 4.78 is 39.7. The third-order valence-corrected chi connectivity index (χ3v) is 8.31. The molecule has 2 saturated heterocycles. The Morgan fingerprint density at radius 1 is 1.06 bits per heavy atom. The van der Waals surface area contributed by atoms with Crippen molar-refractivity contribution in [3.05, 3.63) is 23.8 Å². The highest BCUT2D eigenvalue weighted by Gasteiger charge is 2.36. The summed E-state index contributed by atoms with van der Waals surface area (Å²) in [5.41, 5.74) is 1.03. The molecule has 174 valence electrons. The predicted molar refractivity (Wildman–Crippen MR) is 119 cm³/mol. The molecule has 0 aromatic heterocycles. The second-order valence-corrected chi connectivity index (χ2v) is 10.4. The molecule has 1 atom stereocenters. The van der Waals surface area contributed by atoms with Crippen molar-refractivity contribution >= 4 is 16.1 Å². The highest BCUT2D eigenvalue weighted by atomic mass is 32.2. The van der Waals surface area contributed by atoms with E-state index in [1.54, 1.807) is 18.5 Å². The maximum atomic E-state index is 13.0. The molecule has 1 aromatic carbocycles. The average Bonchev–Trinajstić information content (AvgIpc) is 2.79. The number of benzene rings is 1. The Morgan fingerprint density at radius 3 is 2.45 bits per heavy atom. The smallest absolute Gasteiger partial charge is 0.281 e. The van der Waals surface area contributed by atoms with E-state index in [1.165, 1.54) is 4.31 Å². The molecule has 0 aliphatic carbocycles. The normalized spacial score (nSPS) is 21.6. The van der Waals surface area contributed by atoms with Crippen LogP contribution in [0.25, 0.3) is 0 Å². The van der Waals surface area contributed by atoms with Gasteiger partial charge in [-0.1, -0.05) is 13.0 Å². The zero-order valence-corrected chi connectivity index (χ0v) is 19.6. The number of carbonyl (C=O) groups is 1. The number of nitrogens with one attached hydrogen (secondary N) is 1. The molecule has 31 heavy (non-hydrogen) atoms. The first kappa shape index (κ1) is 23.8. The van der Waals surface area contributed by atoms with Gasteiger partial charge >= 0.3 is 0 Å². The number of carbonyl (C=O) groups excluding carboxylic acids is 1. The molecule has 2 fully saturated rings. The second-order valence-electron chi connectivity index (χ2n) is 8.52. The fourth-order valence-electron chi connectivity index (χ4n) is 4.26. The molecule has 2 aliphatic rings. The van der Waals surface area contributed by atoms with E-state index in [4.69, 9.17) is 9.47 Å². The topological polar surface area (TPSA) is 88.2 Å². The largest absolute Gasteiger partial charge is 0.493 e. The molecule has 1 N–H and O–H groups in total. The van der Waals surface area contributed by atoms with Gasteiger partial charge < -0.3 is 14.8 Å². The van der Waals surface area contributed by atoms with Gasteiger partial charge in [0.2, 0.25) is 5.91 Å². The Labute approximate surface area is 186 Å². The summed E-state index contributed by atoms with van der Waals surface area (Å²) in [5.74, 6) is 1.51. The van der Waals surface area contributed by atoms with Crippen LogP contribution in [0, 0.1) is 11.8 Å². The minimum absolute atomic E-state index is 0.0763. The van der Waals surface area contributed by atoms with E-state index < -0.39 is 10.2 Å². The van der Waals surface area contributed by atoms with Crippen LogP contribution in [0.3, 0.4) is 0 Å². The molecule has 0 bridgehead atoms. The summed E-state index contributed by atoms with van der Waals surface area (Å²) in [6.45, 7) is 4.54. The van der Waals surface area contributed by atoms with Gasteiger partial charge in [0.05, 0.1) is 20.1 Å². The molecule has 9 heteroatoms. The third kappa shape index (κ3) is 5.90. The maximum absolute atomic E-state index is 13.0. The molecule has 2 aliphatic heterocycles. The Kier molecular flexibility index (Phi) is 8.18. The van der Waals surface area contributed by atoms with Crippen molar-refractivity contribution < 1.29 is 22.7 Å². The van der Waals surface area contributed by atoms with Gasteiger partial charge in [0, 0.05) is 32.7 Å². The summed E-state index contributed by atoms with van der Waals surface area (Å²) in [5, 5.41) is 2.98. The number of ether oxygens (including phenoxy) is 2. The summed E-state index contributed by atoms with van der Waals surface area (Å²) in [6, 6.07) is 5.70. The lowest BCUT2D eigenvalue weighted by atomic mass is 9.99. The van der Waals surface area contributed by atoms with E-state index in [-0.39, 0.29) is 18.4 Å². The zero-order valence-electron chi connectivity index (χ0n) is 18.8. The van der Waals surface area contributed by atoms with Crippen molar-refractivity contribution in [3.8, 4) is 11.5 Å². The molecule has 8 nitrogen and oxygen atoms in total. The highest BCUT2D eigenvalue weighted by Crippen LogP contribution is 2.28. The number of piperidine rings is 2. The van der Waals surface area contributed by atoms with Crippen LogP contribution in [0.5, 0.6) is 11.5 Å². The number of hydrogen-bond acceptors (Lipinski definition) is 5. The van der Waals surface area contributed by atoms with Crippen LogP contribution < -0.4 is 14.8 Å². The van der Waals surface area contributed by atoms with Crippen molar-refractivity contribution in [3.63, 3.8) is 0 Å². The van der Waals surface area contributed by atoms with Gasteiger partial charge in [-0.05, 0) is 55.7 Å². The average molecular weight is 454 g/mol. The van der Waals surface area contributed by atoms with E-state index in [2.05, 4.69) is 12.2 Å². The van der Waals surface area contributed by atoms with Gasteiger partial charge in [0.25, 0.3) is 10.2 Å². The zero-order chi connectivity index (χ0) is 22.4. The van der Waals surface area contributed by atoms with Crippen LogP contribution in [-0.4, -0.2) is 69.9 Å². The lowest BCUT2D eigenvalue weighted by molar-refractivity contribution is -0.126. The quantitative estimate of drug-likeness (QED) is 0.651. The molecule has 0 saturated carbocycles. The standard InChI is InChI=1S/C22H35N3O5S/c1-17-9-13-24(14-10-17)31(27,28)25-12-4-5-19(16-25)22(26)23-11-8-18-6-7-20(29-2)21(15-18)30-3/h6-7,15,17,19H,4-5,8-14,16H2,1-3H3,(H,23,26)/t19-/m1/s1. The van der Waals surface area contributed by atoms with Crippen molar-refractivity contribution in [2.45, 2.75) is 39.0 Å². The lowest BCUT2D eigenvalue weighted by Crippen LogP contribution is -2.52. The van der Waals surface area contributed by atoms with Crippen LogP contribution in [0.2, 0.25) is 0 Å². The van der Waals surface area contributed by atoms with Gasteiger partial charge in [0.15, 0.2) is 11.5 Å². The summed E-state index contributed by atoms with van der Waals surface area (Å²) in [7, 11) is -0.303. The van der Waals surface area contributed by atoms with Crippen LogP contribution in [0.15, 0.2) is 18.2 Å². The number of amides is 1. The molecule has 3 rings (SSSR count). The molecular formula is C22H35N3O5S. The number of methoxy groups -OCH3 is 2. The summed E-state index contributed by atoms with van der Waals surface area (Å²) in [4.78, 5) is 12.7. The fourth-order valence-corrected chi connectivity index (χ4v) is 5.98. The Bertz CT molecular complexity index is 853. The monoisotopic (exact) mass is 453 g/mol. The van der Waals surface area contributed by atoms with E-state index >= 15 is 0 Å². The van der Waals surface area contributed by atoms with Crippen molar-refractivity contribution in [2.24, 2.45) is 11.8 Å².